The van der Waals surface area contributed by atoms with Crippen molar-refractivity contribution in [3.05, 3.63) is 0 Å². The Morgan fingerprint density at radius 3 is 2.37 bits per heavy atom. The van der Waals surface area contributed by atoms with E-state index in [0.717, 1.165) is 5.06 Å². The number of nitrogens with one attached hydrogen (secondary N) is 2. The van der Waals surface area contributed by atoms with Crippen LogP contribution in [-0.4, -0.2) is 58.5 Å². The van der Waals surface area contributed by atoms with Crippen LogP contribution in [0.25, 0.3) is 0 Å². The predicted octanol–water partition coefficient (Wildman–Crippen LogP) is 0.967. The van der Waals surface area contributed by atoms with Crippen molar-refractivity contribution in [1.82, 2.24) is 20.6 Å². The van der Waals surface area contributed by atoms with Gasteiger partial charge in [-0.15, -0.1) is 5.06 Å². The number of amides is 3. The number of carbonyl (C=O) groups excluding carboxylic acids is 2. The number of hydroxylamine groups is 2. The largest absolute Gasteiger partial charge is 0.431 e. The molecule has 1 aliphatic heterocycles. The molecular formula is C10H18N4O3S2. The molecule has 0 radical (unpaired) electrons. The first kappa shape index (κ1) is 15.8. The lowest BCUT2D eigenvalue weighted by Crippen LogP contribution is -2.57. The molecule has 0 aromatic heterocycles. The number of hydrogen-bond donors (Lipinski definition) is 2. The fourth-order valence-corrected chi connectivity index (χ4v) is 3.60. The molecule has 19 heavy (non-hydrogen) atoms. The molecule has 9 heteroatoms. The first-order valence-corrected chi connectivity index (χ1v) is 6.83. The monoisotopic (exact) mass is 306 g/mol. The summed E-state index contributed by atoms with van der Waals surface area (Å²) in [4.78, 5) is 30.1. The Bertz CT molecular complexity index is 402. The van der Waals surface area contributed by atoms with Crippen LogP contribution in [0.5, 0.6) is 0 Å². The summed E-state index contributed by atoms with van der Waals surface area (Å²) in [6.07, 6.45) is -1.20. The number of thioether (sulfide) groups is 1. The number of thiocarbonyl (C=S) groups is 1. The molecule has 0 aliphatic carbocycles. The van der Waals surface area contributed by atoms with E-state index >= 15 is 0 Å². The molecule has 0 bridgehead atoms. The van der Waals surface area contributed by atoms with Crippen molar-refractivity contribution in [3.8, 4) is 0 Å². The van der Waals surface area contributed by atoms with Crippen molar-refractivity contribution in [1.29, 1.82) is 0 Å². The maximum absolute atomic E-state index is 11.9. The second kappa shape index (κ2) is 5.83. The first-order valence-electron chi connectivity index (χ1n) is 5.61. The fraction of sp³-hybridized carbons (Fsp3) is 0.700. The van der Waals surface area contributed by atoms with E-state index in [1.165, 1.54) is 25.9 Å². The minimum atomic E-state index is -0.712. The van der Waals surface area contributed by atoms with Crippen LogP contribution in [0.1, 0.15) is 13.8 Å². The van der Waals surface area contributed by atoms with E-state index in [4.69, 9.17) is 17.1 Å². The topological polar surface area (TPSA) is 73.9 Å². The molecule has 0 unspecified atom stereocenters. The Morgan fingerprint density at radius 2 is 2.00 bits per heavy atom. The third-order valence-corrected chi connectivity index (χ3v) is 4.39. The Balaban J connectivity index is 3.05. The van der Waals surface area contributed by atoms with Gasteiger partial charge >= 0.3 is 12.1 Å². The fourth-order valence-electron chi connectivity index (χ4n) is 1.80. The Kier molecular flexibility index (Phi) is 4.86. The SMILES string of the molecule is CNC(=O)ON(C(=O)NC)[C@H]1N(C)C(=S)SC1(C)C. The molecule has 108 valence electrons. The average Bonchev–Trinajstić information content (AvgIpc) is 2.54. The van der Waals surface area contributed by atoms with Crippen LogP contribution in [0.3, 0.4) is 0 Å². The normalized spacial score (nSPS) is 21.0. The highest BCUT2D eigenvalue weighted by Crippen LogP contribution is 2.41. The van der Waals surface area contributed by atoms with Crippen LogP contribution in [0.2, 0.25) is 0 Å². The highest BCUT2D eigenvalue weighted by atomic mass is 32.2. The summed E-state index contributed by atoms with van der Waals surface area (Å²) in [5.74, 6) is 0. The molecule has 3 amide bonds. The molecule has 0 aromatic rings. The predicted molar refractivity (Wildman–Crippen MR) is 77.7 cm³/mol. The zero-order valence-electron chi connectivity index (χ0n) is 11.5. The van der Waals surface area contributed by atoms with Crippen LogP contribution in [0, 0.1) is 0 Å². The lowest BCUT2D eigenvalue weighted by Gasteiger charge is -2.36. The van der Waals surface area contributed by atoms with E-state index in [-0.39, 0.29) is 0 Å². The molecule has 0 spiro atoms. The van der Waals surface area contributed by atoms with Crippen molar-refractivity contribution in [2.45, 2.75) is 24.8 Å². The van der Waals surface area contributed by atoms with Gasteiger partial charge < -0.3 is 20.4 Å². The van der Waals surface area contributed by atoms with Gasteiger partial charge in [-0.2, -0.15) is 0 Å². The molecular weight excluding hydrogens is 288 g/mol. The zero-order chi connectivity index (χ0) is 14.8. The van der Waals surface area contributed by atoms with Crippen molar-refractivity contribution < 1.29 is 14.4 Å². The van der Waals surface area contributed by atoms with Gasteiger partial charge in [-0.1, -0.05) is 24.0 Å². The van der Waals surface area contributed by atoms with E-state index in [2.05, 4.69) is 10.6 Å². The summed E-state index contributed by atoms with van der Waals surface area (Å²) in [7, 11) is 4.65. The second-order valence-electron chi connectivity index (χ2n) is 4.47. The number of urea groups is 1. The van der Waals surface area contributed by atoms with Crippen LogP contribution in [0.4, 0.5) is 9.59 Å². The average molecular weight is 306 g/mol. The minimum Gasteiger partial charge on any atom is -0.339 e. The summed E-state index contributed by atoms with van der Waals surface area (Å²) in [5, 5.41) is 5.76. The molecule has 1 atom stereocenters. The molecule has 1 heterocycles. The maximum atomic E-state index is 11.9. The van der Waals surface area contributed by atoms with E-state index in [1.54, 1.807) is 11.9 Å². The van der Waals surface area contributed by atoms with Gasteiger partial charge in [-0.3, -0.25) is 0 Å². The van der Waals surface area contributed by atoms with Gasteiger partial charge in [0.05, 0.1) is 4.75 Å². The molecule has 0 aromatic carbocycles. The molecule has 2 N–H and O–H groups in total. The third-order valence-electron chi connectivity index (χ3n) is 2.65. The number of hydrogen-bond acceptors (Lipinski definition) is 5. The van der Waals surface area contributed by atoms with Gasteiger partial charge in [0.1, 0.15) is 4.32 Å². The highest BCUT2D eigenvalue weighted by molar-refractivity contribution is 8.24. The summed E-state index contributed by atoms with van der Waals surface area (Å²) in [6.45, 7) is 3.86. The Labute approximate surface area is 122 Å². The minimum absolute atomic E-state index is 0.396. The van der Waals surface area contributed by atoms with Gasteiger partial charge in [0.15, 0.2) is 6.17 Å². The van der Waals surface area contributed by atoms with Gasteiger partial charge in [-0.05, 0) is 13.8 Å². The third kappa shape index (κ3) is 3.21. The van der Waals surface area contributed by atoms with Crippen molar-refractivity contribution >= 4 is 40.4 Å². The van der Waals surface area contributed by atoms with Gasteiger partial charge in [0.25, 0.3) is 0 Å². The van der Waals surface area contributed by atoms with Gasteiger partial charge in [0, 0.05) is 21.1 Å². The maximum Gasteiger partial charge on any atom is 0.431 e. The van der Waals surface area contributed by atoms with Gasteiger partial charge in [-0.25, -0.2) is 9.59 Å². The summed E-state index contributed by atoms with van der Waals surface area (Å²) in [6, 6.07) is -0.515. The zero-order valence-corrected chi connectivity index (χ0v) is 13.1. The first-order chi connectivity index (χ1) is 8.74. The quantitative estimate of drug-likeness (QED) is 0.555. The van der Waals surface area contributed by atoms with Crippen LogP contribution in [0.15, 0.2) is 0 Å². The molecule has 0 saturated carbocycles. The summed E-state index contributed by atoms with van der Waals surface area (Å²) >= 11 is 6.68. The lowest BCUT2D eigenvalue weighted by molar-refractivity contribution is -0.119. The summed E-state index contributed by atoms with van der Waals surface area (Å²) < 4.78 is 0.247. The van der Waals surface area contributed by atoms with Gasteiger partial charge in [0.2, 0.25) is 0 Å². The van der Waals surface area contributed by atoms with E-state index in [1.807, 2.05) is 13.8 Å². The summed E-state index contributed by atoms with van der Waals surface area (Å²) in [5.41, 5.74) is 0. The number of rotatable bonds is 1. The second-order valence-corrected chi connectivity index (χ2v) is 6.75. The Morgan fingerprint density at radius 1 is 1.42 bits per heavy atom. The number of nitrogens with zero attached hydrogens (tertiary/aromatic N) is 2. The van der Waals surface area contributed by atoms with E-state index in [9.17, 15) is 9.59 Å². The number of carbonyl (C=O) groups is 2. The lowest BCUT2D eigenvalue weighted by atomic mass is 10.1. The molecule has 1 saturated heterocycles. The van der Waals surface area contributed by atoms with E-state index < -0.39 is 23.0 Å². The van der Waals surface area contributed by atoms with Crippen molar-refractivity contribution in [3.63, 3.8) is 0 Å². The van der Waals surface area contributed by atoms with Crippen LogP contribution in [-0.2, 0) is 4.84 Å². The molecule has 7 nitrogen and oxygen atoms in total. The highest BCUT2D eigenvalue weighted by Gasteiger charge is 2.49. The van der Waals surface area contributed by atoms with Crippen LogP contribution >= 0.6 is 24.0 Å². The van der Waals surface area contributed by atoms with Crippen molar-refractivity contribution in [2.75, 3.05) is 21.1 Å². The van der Waals surface area contributed by atoms with E-state index in [0.29, 0.717) is 4.32 Å². The Hall–Kier alpha value is -1.22. The molecule has 1 aliphatic rings. The standard InChI is InChI=1S/C10H18N4O3S2/c1-10(2)6(13(5)9(18)19-10)14(7(15)11-3)17-8(16)12-4/h6H,1-5H3,(H,11,15)(H,12,16)/t6-/m1/s1. The molecule has 1 fully saturated rings. The van der Waals surface area contributed by atoms with Crippen LogP contribution < -0.4 is 10.6 Å². The molecule has 1 rings (SSSR count). The smallest absolute Gasteiger partial charge is 0.339 e. The van der Waals surface area contributed by atoms with Crippen molar-refractivity contribution in [2.24, 2.45) is 0 Å².